The lowest BCUT2D eigenvalue weighted by Crippen LogP contribution is -2.42. The van der Waals surface area contributed by atoms with Gasteiger partial charge in [0.15, 0.2) is 0 Å². The second kappa shape index (κ2) is 5.59. The molecule has 1 amide bonds. The number of nitrogens with one attached hydrogen (secondary N) is 2. The van der Waals surface area contributed by atoms with Crippen LogP contribution in [0.15, 0.2) is 28.9 Å². The molecule has 1 aromatic heterocycles. The van der Waals surface area contributed by atoms with Gasteiger partial charge in [0.1, 0.15) is 11.8 Å². The first-order valence-electron chi connectivity index (χ1n) is 8.02. The zero-order chi connectivity index (χ0) is 17.8. The predicted molar refractivity (Wildman–Crippen MR) is 82.4 cm³/mol. The number of alkyl halides is 3. The van der Waals surface area contributed by atoms with Crippen molar-refractivity contribution in [3.63, 3.8) is 0 Å². The van der Waals surface area contributed by atoms with Gasteiger partial charge in [0.2, 0.25) is 0 Å². The van der Waals surface area contributed by atoms with Gasteiger partial charge in [-0.3, -0.25) is 9.59 Å². The number of rotatable bonds is 3. The Bertz CT molecular complexity index is 858. The SMILES string of the molecule is O=C(N[C@@H]1C[C@H]2CC[C@@H]1N2)c1ccc2occ(C(=O)C(F)(F)F)c2c1. The molecule has 0 unspecified atom stereocenters. The molecule has 2 bridgehead atoms. The molecule has 4 rings (SSSR count). The fourth-order valence-electron chi connectivity index (χ4n) is 3.73. The molecule has 25 heavy (non-hydrogen) atoms. The number of benzene rings is 1. The zero-order valence-corrected chi connectivity index (χ0v) is 13.0. The van der Waals surface area contributed by atoms with Crippen molar-refractivity contribution < 1.29 is 27.2 Å². The first-order chi connectivity index (χ1) is 11.8. The zero-order valence-electron chi connectivity index (χ0n) is 13.0. The first-order valence-corrected chi connectivity index (χ1v) is 8.02. The molecule has 132 valence electrons. The maximum Gasteiger partial charge on any atom is 0.455 e. The number of hydrogen-bond donors (Lipinski definition) is 2. The monoisotopic (exact) mass is 352 g/mol. The minimum Gasteiger partial charge on any atom is -0.464 e. The lowest BCUT2D eigenvalue weighted by Gasteiger charge is -2.21. The van der Waals surface area contributed by atoms with E-state index in [1.165, 1.54) is 18.2 Å². The normalized spacial score (nSPS) is 25.5. The lowest BCUT2D eigenvalue weighted by molar-refractivity contribution is -0.0884. The van der Waals surface area contributed by atoms with Crippen molar-refractivity contribution in [3.8, 4) is 0 Å². The molecule has 3 heterocycles. The number of fused-ring (bicyclic) bond motifs is 3. The van der Waals surface area contributed by atoms with E-state index in [1.807, 2.05) is 0 Å². The Kier molecular flexibility index (Phi) is 3.61. The number of ketones is 1. The van der Waals surface area contributed by atoms with Crippen molar-refractivity contribution in [1.82, 2.24) is 10.6 Å². The maximum atomic E-state index is 12.7. The molecule has 8 heteroatoms. The van der Waals surface area contributed by atoms with E-state index in [9.17, 15) is 22.8 Å². The van der Waals surface area contributed by atoms with Crippen LogP contribution in [0.2, 0.25) is 0 Å². The van der Waals surface area contributed by atoms with Gasteiger partial charge in [0.25, 0.3) is 11.7 Å². The minimum absolute atomic E-state index is 0.0129. The largest absolute Gasteiger partial charge is 0.464 e. The van der Waals surface area contributed by atoms with Crippen LogP contribution < -0.4 is 10.6 Å². The fourth-order valence-corrected chi connectivity index (χ4v) is 3.73. The summed E-state index contributed by atoms with van der Waals surface area (Å²) in [6, 6.07) is 4.83. The first kappa shape index (κ1) is 16.1. The van der Waals surface area contributed by atoms with Crippen molar-refractivity contribution in [2.75, 3.05) is 0 Å². The van der Waals surface area contributed by atoms with E-state index in [0.717, 1.165) is 25.5 Å². The summed E-state index contributed by atoms with van der Waals surface area (Å²) < 4.78 is 43.0. The highest BCUT2D eigenvalue weighted by atomic mass is 19.4. The van der Waals surface area contributed by atoms with Gasteiger partial charge in [-0.2, -0.15) is 13.2 Å². The summed E-state index contributed by atoms with van der Waals surface area (Å²) in [4.78, 5) is 23.9. The highest BCUT2D eigenvalue weighted by Crippen LogP contribution is 2.30. The van der Waals surface area contributed by atoms with Crippen molar-refractivity contribution >= 4 is 22.7 Å². The number of furan rings is 1. The molecule has 0 aliphatic carbocycles. The van der Waals surface area contributed by atoms with E-state index < -0.39 is 17.5 Å². The number of halogens is 3. The van der Waals surface area contributed by atoms with Crippen LogP contribution in [-0.2, 0) is 0 Å². The molecule has 2 N–H and O–H groups in total. The molecule has 3 atom stereocenters. The van der Waals surface area contributed by atoms with E-state index in [4.69, 9.17) is 4.42 Å². The van der Waals surface area contributed by atoms with Crippen LogP contribution in [0.25, 0.3) is 11.0 Å². The Morgan fingerprint density at radius 2 is 2.04 bits per heavy atom. The highest BCUT2D eigenvalue weighted by molar-refractivity contribution is 6.11. The fraction of sp³-hybridized carbons (Fsp3) is 0.412. The minimum atomic E-state index is -5.00. The molecular formula is C17H15F3N2O3. The molecule has 2 aromatic rings. The van der Waals surface area contributed by atoms with Gasteiger partial charge in [-0.1, -0.05) is 0 Å². The summed E-state index contributed by atoms with van der Waals surface area (Å²) in [6.07, 6.45) is -1.27. The summed E-state index contributed by atoms with van der Waals surface area (Å²) in [7, 11) is 0. The summed E-state index contributed by atoms with van der Waals surface area (Å²) in [6.45, 7) is 0. The Morgan fingerprint density at radius 3 is 2.68 bits per heavy atom. The van der Waals surface area contributed by atoms with Gasteiger partial charge in [-0.25, -0.2) is 0 Å². The maximum absolute atomic E-state index is 12.7. The average Bonchev–Trinajstić information content (AvgIpc) is 3.27. The molecule has 2 fully saturated rings. The summed E-state index contributed by atoms with van der Waals surface area (Å²) >= 11 is 0. The van der Waals surface area contributed by atoms with E-state index >= 15 is 0 Å². The molecule has 0 radical (unpaired) electrons. The van der Waals surface area contributed by atoms with Gasteiger partial charge >= 0.3 is 6.18 Å². The molecule has 0 spiro atoms. The molecule has 0 saturated carbocycles. The molecule has 2 aliphatic rings. The van der Waals surface area contributed by atoms with Gasteiger partial charge < -0.3 is 15.1 Å². The molecular weight excluding hydrogens is 337 g/mol. The Hall–Kier alpha value is -2.35. The van der Waals surface area contributed by atoms with E-state index in [2.05, 4.69) is 10.6 Å². The van der Waals surface area contributed by atoms with E-state index in [1.54, 1.807) is 0 Å². The molecule has 5 nitrogen and oxygen atoms in total. The van der Waals surface area contributed by atoms with Gasteiger partial charge in [-0.05, 0) is 37.5 Å². The average molecular weight is 352 g/mol. The van der Waals surface area contributed by atoms with Crippen molar-refractivity contribution in [2.24, 2.45) is 0 Å². The van der Waals surface area contributed by atoms with Gasteiger partial charge in [0, 0.05) is 29.1 Å². The Labute approximate surface area is 140 Å². The van der Waals surface area contributed by atoms with Gasteiger partial charge in [0.05, 0.1) is 5.56 Å². The van der Waals surface area contributed by atoms with Crippen LogP contribution in [0.4, 0.5) is 13.2 Å². The summed E-state index contributed by atoms with van der Waals surface area (Å²) in [5.41, 5.74) is -0.252. The second-order valence-electron chi connectivity index (χ2n) is 6.55. The van der Waals surface area contributed by atoms with Gasteiger partial charge in [-0.15, -0.1) is 0 Å². The second-order valence-corrected chi connectivity index (χ2v) is 6.55. The van der Waals surface area contributed by atoms with E-state index in [-0.39, 0.29) is 34.5 Å². The van der Waals surface area contributed by atoms with Crippen molar-refractivity contribution in [1.29, 1.82) is 0 Å². The molecule has 1 aromatic carbocycles. The summed E-state index contributed by atoms with van der Waals surface area (Å²) in [5.74, 6) is -2.35. The van der Waals surface area contributed by atoms with Crippen molar-refractivity contribution in [3.05, 3.63) is 35.6 Å². The third kappa shape index (κ3) is 2.80. The standard InChI is InChI=1S/C17H15F3N2O3/c18-17(19,20)15(23)11-7-25-14-4-1-8(5-10(11)14)16(24)22-13-6-9-2-3-12(13)21-9/h1,4-5,7,9,12-13,21H,2-3,6H2,(H,22,24)/t9-,12+,13-/m1/s1. The molecule has 2 aliphatic heterocycles. The Morgan fingerprint density at radius 1 is 1.24 bits per heavy atom. The highest BCUT2D eigenvalue weighted by Gasteiger charge is 2.41. The predicted octanol–water partition coefficient (Wildman–Crippen LogP) is 2.80. The number of carbonyl (C=O) groups is 2. The number of carbonyl (C=O) groups excluding carboxylic acids is 2. The van der Waals surface area contributed by atoms with Crippen LogP contribution in [0.5, 0.6) is 0 Å². The van der Waals surface area contributed by atoms with Crippen LogP contribution >= 0.6 is 0 Å². The quantitative estimate of drug-likeness (QED) is 0.834. The third-order valence-electron chi connectivity index (χ3n) is 4.95. The summed E-state index contributed by atoms with van der Waals surface area (Å²) in [5, 5.41) is 6.31. The molecule has 2 saturated heterocycles. The topological polar surface area (TPSA) is 71.3 Å². The number of Topliss-reactive ketones (excluding diaryl/α,β-unsaturated/α-hetero) is 1. The van der Waals surface area contributed by atoms with E-state index in [0.29, 0.717) is 6.04 Å². The van der Waals surface area contributed by atoms with Crippen molar-refractivity contribution in [2.45, 2.75) is 43.6 Å². The number of hydrogen-bond acceptors (Lipinski definition) is 4. The number of amides is 1. The third-order valence-corrected chi connectivity index (χ3v) is 4.95. The van der Waals surface area contributed by atoms with Crippen LogP contribution in [0.1, 0.15) is 40.0 Å². The van der Waals surface area contributed by atoms with Crippen LogP contribution in [0.3, 0.4) is 0 Å². The lowest BCUT2D eigenvalue weighted by atomic mass is 9.95. The van der Waals surface area contributed by atoms with Crippen LogP contribution in [-0.4, -0.2) is 36.0 Å². The van der Waals surface area contributed by atoms with Crippen LogP contribution in [0, 0.1) is 0 Å². The smallest absolute Gasteiger partial charge is 0.455 e. The Balaban J connectivity index is 1.60.